The fourth-order valence-corrected chi connectivity index (χ4v) is 3.21. The van der Waals surface area contributed by atoms with Crippen LogP contribution < -0.4 is 0 Å². The number of ether oxygens (including phenoxy) is 1. The van der Waals surface area contributed by atoms with Gasteiger partial charge in [-0.25, -0.2) is 9.78 Å². The van der Waals surface area contributed by atoms with E-state index in [0.717, 1.165) is 22.2 Å². The second kappa shape index (κ2) is 6.73. The summed E-state index contributed by atoms with van der Waals surface area (Å²) in [5.41, 5.74) is 2.93. The van der Waals surface area contributed by atoms with Crippen molar-refractivity contribution in [3.8, 4) is 0 Å². The van der Waals surface area contributed by atoms with E-state index in [1.807, 2.05) is 30.8 Å². The van der Waals surface area contributed by atoms with Crippen molar-refractivity contribution in [2.24, 2.45) is 0 Å². The maximum Gasteiger partial charge on any atom is 0.337 e. The van der Waals surface area contributed by atoms with E-state index in [0.29, 0.717) is 5.56 Å². The predicted octanol–water partition coefficient (Wildman–Crippen LogP) is 3.67. The topological polar surface area (TPSA) is 39.2 Å². The van der Waals surface area contributed by atoms with Crippen LogP contribution in [0.5, 0.6) is 0 Å². The number of nitrogens with zero attached hydrogens (tertiary/aromatic N) is 1. The Morgan fingerprint density at radius 2 is 2.05 bits per heavy atom. The number of thioether (sulfide) groups is 1. The summed E-state index contributed by atoms with van der Waals surface area (Å²) in [5, 5.41) is 3.21. The van der Waals surface area contributed by atoms with Crippen LogP contribution in [0, 0.1) is 6.92 Å². The molecule has 2 rings (SSSR count). The first-order valence-corrected chi connectivity index (χ1v) is 7.88. The lowest BCUT2D eigenvalue weighted by Gasteiger charge is -2.02. The van der Waals surface area contributed by atoms with E-state index < -0.39 is 0 Å². The van der Waals surface area contributed by atoms with E-state index in [1.165, 1.54) is 12.7 Å². The zero-order chi connectivity index (χ0) is 13.7. The van der Waals surface area contributed by atoms with Crippen molar-refractivity contribution in [2.45, 2.75) is 18.4 Å². The molecule has 5 heteroatoms. The van der Waals surface area contributed by atoms with Gasteiger partial charge in [0.2, 0.25) is 0 Å². The number of carbonyl (C=O) groups is 1. The maximum absolute atomic E-state index is 11.3. The molecule has 0 saturated heterocycles. The van der Waals surface area contributed by atoms with Crippen molar-refractivity contribution in [3.63, 3.8) is 0 Å². The number of benzene rings is 1. The minimum absolute atomic E-state index is 0.294. The van der Waals surface area contributed by atoms with Gasteiger partial charge >= 0.3 is 5.97 Å². The Morgan fingerprint density at radius 3 is 2.63 bits per heavy atom. The normalized spacial score (nSPS) is 10.4. The van der Waals surface area contributed by atoms with Crippen LogP contribution >= 0.6 is 23.1 Å². The number of methoxy groups -OCH3 is 1. The van der Waals surface area contributed by atoms with E-state index in [2.05, 4.69) is 15.1 Å². The van der Waals surface area contributed by atoms with Crippen LogP contribution in [0.3, 0.4) is 0 Å². The van der Waals surface area contributed by atoms with E-state index in [9.17, 15) is 4.79 Å². The zero-order valence-corrected chi connectivity index (χ0v) is 12.5. The van der Waals surface area contributed by atoms with Crippen molar-refractivity contribution >= 4 is 29.1 Å². The van der Waals surface area contributed by atoms with Gasteiger partial charge in [-0.2, -0.15) is 11.8 Å². The molecule has 2 aromatic rings. The highest BCUT2D eigenvalue weighted by Gasteiger charge is 2.04. The first kappa shape index (κ1) is 14.1. The molecule has 0 fully saturated rings. The lowest BCUT2D eigenvalue weighted by Crippen LogP contribution is -2.00. The van der Waals surface area contributed by atoms with Gasteiger partial charge in [-0.15, -0.1) is 11.3 Å². The van der Waals surface area contributed by atoms with Gasteiger partial charge in [0.25, 0.3) is 0 Å². The van der Waals surface area contributed by atoms with Crippen molar-refractivity contribution in [1.82, 2.24) is 4.98 Å². The molecule has 0 bridgehead atoms. The first-order valence-electron chi connectivity index (χ1n) is 5.85. The first-order chi connectivity index (χ1) is 9.19. The standard InChI is InChI=1S/C14H15NO2S2/c1-10-15-13(9-19-10)8-18-7-11-3-5-12(6-4-11)14(16)17-2/h3-6,9H,7-8H2,1-2H3. The van der Waals surface area contributed by atoms with E-state index in [1.54, 1.807) is 23.5 Å². The minimum Gasteiger partial charge on any atom is -0.465 e. The number of hydrogen-bond donors (Lipinski definition) is 0. The Bertz CT molecular complexity index is 549. The van der Waals surface area contributed by atoms with Gasteiger partial charge in [-0.05, 0) is 24.6 Å². The molecule has 1 aromatic carbocycles. The van der Waals surface area contributed by atoms with Crippen LogP contribution in [0.1, 0.15) is 26.6 Å². The fraction of sp³-hybridized carbons (Fsp3) is 0.286. The summed E-state index contributed by atoms with van der Waals surface area (Å²) in [6.45, 7) is 2.02. The smallest absolute Gasteiger partial charge is 0.337 e. The molecule has 0 unspecified atom stereocenters. The fourth-order valence-electron chi connectivity index (χ4n) is 1.60. The molecule has 19 heavy (non-hydrogen) atoms. The number of hydrogen-bond acceptors (Lipinski definition) is 5. The summed E-state index contributed by atoms with van der Waals surface area (Å²) < 4.78 is 4.67. The third-order valence-corrected chi connectivity index (χ3v) is 4.42. The molecule has 0 aliphatic rings. The molecule has 0 amide bonds. The highest BCUT2D eigenvalue weighted by atomic mass is 32.2. The van der Waals surface area contributed by atoms with Crippen LogP contribution in [-0.2, 0) is 16.2 Å². The van der Waals surface area contributed by atoms with Crippen molar-refractivity contribution < 1.29 is 9.53 Å². The average molecular weight is 293 g/mol. The molecule has 100 valence electrons. The monoisotopic (exact) mass is 293 g/mol. The largest absolute Gasteiger partial charge is 0.465 e. The Kier molecular flexibility index (Phi) is 4.99. The average Bonchev–Trinajstić information content (AvgIpc) is 2.84. The molecular weight excluding hydrogens is 278 g/mol. The van der Waals surface area contributed by atoms with Gasteiger partial charge in [-0.3, -0.25) is 0 Å². The Morgan fingerprint density at radius 1 is 1.32 bits per heavy atom. The van der Waals surface area contributed by atoms with Gasteiger partial charge in [0.05, 0.1) is 23.4 Å². The third-order valence-electron chi connectivity index (χ3n) is 2.56. The van der Waals surface area contributed by atoms with Crippen molar-refractivity contribution in [3.05, 3.63) is 51.5 Å². The predicted molar refractivity (Wildman–Crippen MR) is 79.6 cm³/mol. The van der Waals surface area contributed by atoms with Crippen molar-refractivity contribution in [1.29, 1.82) is 0 Å². The van der Waals surface area contributed by atoms with Gasteiger partial charge < -0.3 is 4.74 Å². The zero-order valence-electron chi connectivity index (χ0n) is 10.9. The lowest BCUT2D eigenvalue weighted by atomic mass is 10.1. The number of aryl methyl sites for hydroxylation is 1. The number of esters is 1. The molecule has 0 saturated carbocycles. The molecule has 0 aliphatic heterocycles. The molecule has 0 aliphatic carbocycles. The van der Waals surface area contributed by atoms with Crippen LogP contribution in [-0.4, -0.2) is 18.1 Å². The number of rotatable bonds is 5. The molecule has 1 aromatic heterocycles. The summed E-state index contributed by atoms with van der Waals surface area (Å²) in [6, 6.07) is 7.53. The van der Waals surface area contributed by atoms with Crippen LogP contribution in [0.25, 0.3) is 0 Å². The molecule has 0 spiro atoms. The second-order valence-corrected chi connectivity index (χ2v) is 6.09. The number of thiazole rings is 1. The summed E-state index contributed by atoms with van der Waals surface area (Å²) in [6.07, 6.45) is 0. The Labute approximate surface area is 121 Å². The lowest BCUT2D eigenvalue weighted by molar-refractivity contribution is 0.0600. The summed E-state index contributed by atoms with van der Waals surface area (Å²) >= 11 is 3.50. The third kappa shape index (κ3) is 4.08. The van der Waals surface area contributed by atoms with Gasteiger partial charge in [0.1, 0.15) is 0 Å². The molecule has 0 radical (unpaired) electrons. The van der Waals surface area contributed by atoms with Gasteiger partial charge in [0.15, 0.2) is 0 Å². The Hall–Kier alpha value is -1.33. The van der Waals surface area contributed by atoms with Crippen LogP contribution in [0.4, 0.5) is 0 Å². The highest BCUT2D eigenvalue weighted by Crippen LogP contribution is 2.19. The summed E-state index contributed by atoms with van der Waals surface area (Å²) in [5.74, 6) is 1.54. The summed E-state index contributed by atoms with van der Waals surface area (Å²) in [7, 11) is 1.39. The SMILES string of the molecule is COC(=O)c1ccc(CSCc2csc(C)n2)cc1. The highest BCUT2D eigenvalue weighted by molar-refractivity contribution is 7.97. The Balaban J connectivity index is 1.84. The second-order valence-electron chi connectivity index (χ2n) is 4.04. The van der Waals surface area contributed by atoms with E-state index >= 15 is 0 Å². The van der Waals surface area contributed by atoms with E-state index in [4.69, 9.17) is 0 Å². The van der Waals surface area contributed by atoms with E-state index in [-0.39, 0.29) is 5.97 Å². The van der Waals surface area contributed by atoms with Crippen LogP contribution in [0.15, 0.2) is 29.6 Å². The molecule has 0 atom stereocenters. The van der Waals surface area contributed by atoms with Gasteiger partial charge in [0, 0.05) is 16.9 Å². The maximum atomic E-state index is 11.3. The van der Waals surface area contributed by atoms with Crippen LogP contribution in [0.2, 0.25) is 0 Å². The molecule has 3 nitrogen and oxygen atoms in total. The van der Waals surface area contributed by atoms with Crippen molar-refractivity contribution in [2.75, 3.05) is 7.11 Å². The number of aromatic nitrogens is 1. The molecule has 1 heterocycles. The molecular formula is C14H15NO2S2. The quantitative estimate of drug-likeness (QED) is 0.788. The number of carbonyl (C=O) groups excluding carboxylic acids is 1. The molecule has 0 N–H and O–H groups in total. The van der Waals surface area contributed by atoms with Gasteiger partial charge in [-0.1, -0.05) is 12.1 Å². The minimum atomic E-state index is -0.294. The summed E-state index contributed by atoms with van der Waals surface area (Å²) in [4.78, 5) is 15.7.